The third-order valence-corrected chi connectivity index (χ3v) is 2.69. The van der Waals surface area contributed by atoms with Gasteiger partial charge in [-0.25, -0.2) is 0 Å². The van der Waals surface area contributed by atoms with Gasteiger partial charge in [0, 0.05) is 11.6 Å². The molecule has 0 bridgehead atoms. The minimum absolute atomic E-state index is 0.0141. The summed E-state index contributed by atoms with van der Waals surface area (Å²) in [4.78, 5) is 23.0. The van der Waals surface area contributed by atoms with Gasteiger partial charge in [0.2, 0.25) is 0 Å². The van der Waals surface area contributed by atoms with E-state index in [1.165, 1.54) is 6.92 Å². The molecular formula is C15H21NO3. The Hall–Kier alpha value is -1.84. The third kappa shape index (κ3) is 4.39. The fourth-order valence-corrected chi connectivity index (χ4v) is 1.65. The van der Waals surface area contributed by atoms with E-state index in [1.807, 2.05) is 20.8 Å². The number of carbonyl (C=O) groups excluding carboxylic acids is 2. The lowest BCUT2D eigenvalue weighted by atomic mass is 10.1. The Morgan fingerprint density at radius 3 is 2.32 bits per heavy atom. The molecule has 0 aliphatic carbocycles. The van der Waals surface area contributed by atoms with Gasteiger partial charge in [0.05, 0.1) is 0 Å². The van der Waals surface area contributed by atoms with Crippen LogP contribution in [0, 0.1) is 6.92 Å². The third-order valence-electron chi connectivity index (χ3n) is 2.69. The van der Waals surface area contributed by atoms with Crippen molar-refractivity contribution in [2.45, 2.75) is 46.8 Å². The summed E-state index contributed by atoms with van der Waals surface area (Å²) in [7, 11) is 0. The molecule has 1 aromatic rings. The summed E-state index contributed by atoms with van der Waals surface area (Å²) in [6, 6.07) is 5.29. The van der Waals surface area contributed by atoms with Crippen LogP contribution < -0.4 is 10.1 Å². The summed E-state index contributed by atoms with van der Waals surface area (Å²) in [5, 5.41) is 2.79. The summed E-state index contributed by atoms with van der Waals surface area (Å²) in [5.41, 5.74) is 1.49. The van der Waals surface area contributed by atoms with Crippen molar-refractivity contribution in [2.75, 3.05) is 0 Å². The molecule has 1 atom stereocenters. The first-order valence-corrected chi connectivity index (χ1v) is 6.40. The molecule has 0 fully saturated rings. The van der Waals surface area contributed by atoms with E-state index in [4.69, 9.17) is 4.74 Å². The molecule has 1 amide bonds. The van der Waals surface area contributed by atoms with Crippen molar-refractivity contribution in [3.63, 3.8) is 0 Å². The molecule has 0 heterocycles. The van der Waals surface area contributed by atoms with E-state index in [1.54, 1.807) is 25.1 Å². The van der Waals surface area contributed by atoms with Crippen molar-refractivity contribution in [2.24, 2.45) is 0 Å². The quantitative estimate of drug-likeness (QED) is 0.830. The first-order valence-electron chi connectivity index (χ1n) is 6.40. The molecule has 0 saturated carbocycles. The number of ether oxygens (including phenoxy) is 1. The van der Waals surface area contributed by atoms with Gasteiger partial charge in [-0.1, -0.05) is 0 Å². The lowest BCUT2D eigenvalue weighted by molar-refractivity contribution is -0.127. The molecule has 0 spiro atoms. The van der Waals surface area contributed by atoms with Crippen LogP contribution in [0.1, 0.15) is 43.6 Å². The average Bonchev–Trinajstić information content (AvgIpc) is 2.30. The van der Waals surface area contributed by atoms with Gasteiger partial charge in [0.25, 0.3) is 5.91 Å². The van der Waals surface area contributed by atoms with E-state index in [0.29, 0.717) is 11.3 Å². The van der Waals surface area contributed by atoms with Crippen LogP contribution in [0.15, 0.2) is 18.2 Å². The molecule has 4 heteroatoms. The first-order chi connectivity index (χ1) is 8.81. The van der Waals surface area contributed by atoms with Gasteiger partial charge in [-0.3, -0.25) is 9.59 Å². The van der Waals surface area contributed by atoms with Crippen molar-refractivity contribution >= 4 is 11.7 Å². The minimum Gasteiger partial charge on any atom is -0.481 e. The molecule has 0 saturated heterocycles. The Bertz CT molecular complexity index is 480. The van der Waals surface area contributed by atoms with Crippen LogP contribution in [0.5, 0.6) is 5.75 Å². The molecule has 0 radical (unpaired) electrons. The Balaban J connectivity index is 2.77. The second-order valence-electron chi connectivity index (χ2n) is 4.96. The smallest absolute Gasteiger partial charge is 0.260 e. The van der Waals surface area contributed by atoms with E-state index < -0.39 is 6.10 Å². The second kappa shape index (κ2) is 6.36. The molecule has 0 aromatic heterocycles. The van der Waals surface area contributed by atoms with Gasteiger partial charge in [0.15, 0.2) is 11.9 Å². The fraction of sp³-hybridized carbons (Fsp3) is 0.467. The Morgan fingerprint density at radius 1 is 1.21 bits per heavy atom. The molecule has 0 aliphatic rings. The summed E-state index contributed by atoms with van der Waals surface area (Å²) >= 11 is 0. The van der Waals surface area contributed by atoms with E-state index >= 15 is 0 Å². The molecule has 19 heavy (non-hydrogen) atoms. The molecule has 1 N–H and O–H groups in total. The minimum atomic E-state index is -0.565. The summed E-state index contributed by atoms with van der Waals surface area (Å²) < 4.78 is 5.62. The highest BCUT2D eigenvalue weighted by Crippen LogP contribution is 2.20. The van der Waals surface area contributed by atoms with Crippen LogP contribution in [0.2, 0.25) is 0 Å². The second-order valence-corrected chi connectivity index (χ2v) is 4.96. The van der Waals surface area contributed by atoms with E-state index in [-0.39, 0.29) is 17.7 Å². The Morgan fingerprint density at radius 2 is 1.84 bits per heavy atom. The van der Waals surface area contributed by atoms with Crippen LogP contribution in [0.25, 0.3) is 0 Å². The normalized spacial score (nSPS) is 12.1. The first kappa shape index (κ1) is 15.2. The zero-order valence-corrected chi connectivity index (χ0v) is 12.1. The number of hydrogen-bond acceptors (Lipinski definition) is 3. The lowest BCUT2D eigenvalue weighted by Crippen LogP contribution is -2.40. The Labute approximate surface area is 114 Å². The van der Waals surface area contributed by atoms with Gasteiger partial charge in [-0.2, -0.15) is 0 Å². The number of rotatable bonds is 5. The lowest BCUT2D eigenvalue weighted by Gasteiger charge is -2.18. The Kier molecular flexibility index (Phi) is 5.10. The largest absolute Gasteiger partial charge is 0.481 e. The number of benzene rings is 1. The fourth-order valence-electron chi connectivity index (χ4n) is 1.65. The molecule has 0 aliphatic heterocycles. The molecule has 1 rings (SSSR count). The van der Waals surface area contributed by atoms with Crippen LogP contribution in [0.3, 0.4) is 0 Å². The van der Waals surface area contributed by atoms with Crippen molar-refractivity contribution in [3.05, 3.63) is 29.3 Å². The zero-order chi connectivity index (χ0) is 14.6. The predicted molar refractivity (Wildman–Crippen MR) is 74.6 cm³/mol. The van der Waals surface area contributed by atoms with Crippen molar-refractivity contribution in [1.29, 1.82) is 0 Å². The van der Waals surface area contributed by atoms with E-state index in [9.17, 15) is 9.59 Å². The number of hydrogen-bond donors (Lipinski definition) is 1. The number of ketones is 1. The average molecular weight is 263 g/mol. The van der Waals surface area contributed by atoms with Gasteiger partial charge in [0.1, 0.15) is 5.75 Å². The van der Waals surface area contributed by atoms with Gasteiger partial charge in [-0.05, 0) is 58.4 Å². The number of carbonyl (C=O) groups is 2. The van der Waals surface area contributed by atoms with Crippen LogP contribution >= 0.6 is 0 Å². The zero-order valence-electron chi connectivity index (χ0n) is 12.1. The van der Waals surface area contributed by atoms with E-state index in [2.05, 4.69) is 5.32 Å². The maximum absolute atomic E-state index is 11.8. The van der Waals surface area contributed by atoms with E-state index in [0.717, 1.165) is 5.56 Å². The molecule has 104 valence electrons. The summed E-state index contributed by atoms with van der Waals surface area (Å²) in [6.45, 7) is 8.88. The molecular weight excluding hydrogens is 242 g/mol. The highest BCUT2D eigenvalue weighted by molar-refractivity contribution is 5.94. The maximum Gasteiger partial charge on any atom is 0.260 e. The van der Waals surface area contributed by atoms with Crippen molar-refractivity contribution in [3.8, 4) is 5.75 Å². The van der Waals surface area contributed by atoms with Gasteiger partial charge >= 0.3 is 0 Å². The predicted octanol–water partition coefficient (Wildman–Crippen LogP) is 2.49. The summed E-state index contributed by atoms with van der Waals surface area (Å²) in [6.07, 6.45) is -0.565. The standard InChI is InChI=1S/C15H21NO3/c1-9(2)16-15(18)12(5)19-14-7-6-13(11(4)17)8-10(14)3/h6-9,12H,1-5H3,(H,16,18). The van der Waals surface area contributed by atoms with Gasteiger partial charge in [-0.15, -0.1) is 0 Å². The number of Topliss-reactive ketones (excluding diaryl/α,β-unsaturated/α-hetero) is 1. The summed E-state index contributed by atoms with van der Waals surface area (Å²) in [5.74, 6) is 0.488. The van der Waals surface area contributed by atoms with Gasteiger partial charge < -0.3 is 10.1 Å². The number of nitrogens with one attached hydrogen (secondary N) is 1. The number of aryl methyl sites for hydroxylation is 1. The van der Waals surface area contributed by atoms with Crippen molar-refractivity contribution < 1.29 is 14.3 Å². The van der Waals surface area contributed by atoms with Crippen LogP contribution in [-0.2, 0) is 4.79 Å². The number of amides is 1. The topological polar surface area (TPSA) is 55.4 Å². The highest BCUT2D eigenvalue weighted by Gasteiger charge is 2.16. The van der Waals surface area contributed by atoms with Crippen molar-refractivity contribution in [1.82, 2.24) is 5.32 Å². The van der Waals surface area contributed by atoms with Crippen LogP contribution in [0.4, 0.5) is 0 Å². The highest BCUT2D eigenvalue weighted by atomic mass is 16.5. The van der Waals surface area contributed by atoms with Crippen LogP contribution in [-0.4, -0.2) is 23.8 Å². The SMILES string of the molecule is CC(=O)c1ccc(OC(C)C(=O)NC(C)C)c(C)c1. The molecule has 1 unspecified atom stereocenters. The monoisotopic (exact) mass is 263 g/mol. The maximum atomic E-state index is 11.8. The molecule has 4 nitrogen and oxygen atoms in total. The molecule has 1 aromatic carbocycles.